The molecule has 0 bridgehead atoms. The molecule has 2 aromatic rings. The molecule has 1 saturated carbocycles. The highest BCUT2D eigenvalue weighted by molar-refractivity contribution is 6.34. The summed E-state index contributed by atoms with van der Waals surface area (Å²) in [7, 11) is 0. The monoisotopic (exact) mass is 445 g/mol. The summed E-state index contributed by atoms with van der Waals surface area (Å²) in [5.74, 6) is -0.435. The van der Waals surface area contributed by atoms with Gasteiger partial charge >= 0.3 is 0 Å². The number of rotatable bonds is 8. The van der Waals surface area contributed by atoms with Crippen molar-refractivity contribution in [2.24, 2.45) is 0 Å². The van der Waals surface area contributed by atoms with Crippen molar-refractivity contribution in [2.45, 2.75) is 44.8 Å². The van der Waals surface area contributed by atoms with Gasteiger partial charge in [-0.05, 0) is 49.4 Å². The average molecular weight is 446 g/mol. The van der Waals surface area contributed by atoms with Crippen molar-refractivity contribution in [2.75, 3.05) is 6.54 Å². The van der Waals surface area contributed by atoms with Crippen molar-refractivity contribution in [3.8, 4) is 5.75 Å². The molecular formula is C22H24ClN3O5. The van der Waals surface area contributed by atoms with Gasteiger partial charge in [-0.3, -0.25) is 19.7 Å². The number of nitrogens with one attached hydrogen (secondary N) is 2. The lowest BCUT2D eigenvalue weighted by molar-refractivity contribution is -0.385. The van der Waals surface area contributed by atoms with Crippen LogP contribution in [0.3, 0.4) is 0 Å². The maximum absolute atomic E-state index is 12.3. The summed E-state index contributed by atoms with van der Waals surface area (Å²) < 4.78 is 6.04. The first-order valence-electron chi connectivity index (χ1n) is 10.2. The van der Waals surface area contributed by atoms with Crippen LogP contribution in [0.1, 0.15) is 48.0 Å². The summed E-state index contributed by atoms with van der Waals surface area (Å²) in [5.41, 5.74) is 0.185. The van der Waals surface area contributed by atoms with Gasteiger partial charge in [-0.25, -0.2) is 0 Å². The second-order valence-electron chi connectivity index (χ2n) is 7.38. The van der Waals surface area contributed by atoms with Gasteiger partial charge < -0.3 is 15.4 Å². The van der Waals surface area contributed by atoms with E-state index in [4.69, 9.17) is 16.3 Å². The number of carbonyl (C=O) groups is 2. The molecule has 2 amide bonds. The molecule has 2 N–H and O–H groups in total. The van der Waals surface area contributed by atoms with Crippen LogP contribution >= 0.6 is 11.6 Å². The molecule has 1 aliphatic carbocycles. The smallest absolute Gasteiger partial charge is 0.283 e. The first-order chi connectivity index (χ1) is 14.9. The Morgan fingerprint density at radius 1 is 1.10 bits per heavy atom. The second-order valence-corrected chi connectivity index (χ2v) is 7.78. The Morgan fingerprint density at radius 3 is 2.58 bits per heavy atom. The van der Waals surface area contributed by atoms with Crippen LogP contribution < -0.4 is 15.4 Å². The van der Waals surface area contributed by atoms with Crippen molar-refractivity contribution >= 4 is 29.1 Å². The highest BCUT2D eigenvalue weighted by Crippen LogP contribution is 2.26. The number of halogens is 1. The van der Waals surface area contributed by atoms with E-state index in [1.807, 2.05) is 24.3 Å². The Hall–Kier alpha value is -3.13. The Morgan fingerprint density at radius 2 is 1.84 bits per heavy atom. The maximum Gasteiger partial charge on any atom is 0.283 e. The number of hydrogen-bond acceptors (Lipinski definition) is 5. The fourth-order valence-electron chi connectivity index (χ4n) is 3.51. The van der Waals surface area contributed by atoms with Gasteiger partial charge in [0, 0.05) is 12.6 Å². The number of benzene rings is 2. The fraction of sp³-hybridized carbons (Fsp3) is 0.364. The number of hydrogen-bond donors (Lipinski definition) is 2. The lowest BCUT2D eigenvalue weighted by atomic mass is 9.98. The molecule has 1 fully saturated rings. The van der Waals surface area contributed by atoms with E-state index in [9.17, 15) is 19.7 Å². The standard InChI is InChI=1S/C22H24ClN3O5/c23-18-10-5-11-19(26(29)30)21(18)22(28)25-14-20(27)24-13-15-6-4-9-17(12-15)31-16-7-2-1-3-8-16/h4-6,9-12,16H,1-3,7-8,13-14H2,(H,24,27)(H,25,28). The van der Waals surface area contributed by atoms with Crippen LogP contribution in [0.2, 0.25) is 5.02 Å². The van der Waals surface area contributed by atoms with Crippen LogP contribution in [0.15, 0.2) is 42.5 Å². The molecule has 0 saturated heterocycles. The molecule has 9 heteroatoms. The zero-order valence-corrected chi connectivity index (χ0v) is 17.7. The van der Waals surface area contributed by atoms with Crippen LogP contribution in [-0.4, -0.2) is 29.4 Å². The van der Waals surface area contributed by atoms with Gasteiger partial charge in [-0.1, -0.05) is 36.2 Å². The normalized spacial score (nSPS) is 14.0. The lowest BCUT2D eigenvalue weighted by Crippen LogP contribution is -2.36. The van der Waals surface area contributed by atoms with E-state index in [1.165, 1.54) is 37.5 Å². The van der Waals surface area contributed by atoms with Gasteiger partial charge in [-0.2, -0.15) is 0 Å². The number of ether oxygens (including phenoxy) is 1. The molecule has 0 unspecified atom stereocenters. The van der Waals surface area contributed by atoms with Gasteiger partial charge in [0.2, 0.25) is 5.91 Å². The Kier molecular flexibility index (Phi) is 7.83. The largest absolute Gasteiger partial charge is 0.490 e. The van der Waals surface area contributed by atoms with E-state index in [0.717, 1.165) is 24.2 Å². The topological polar surface area (TPSA) is 111 Å². The molecule has 1 aliphatic rings. The Balaban J connectivity index is 1.50. The minimum atomic E-state index is -0.782. The van der Waals surface area contributed by atoms with Gasteiger partial charge in [-0.15, -0.1) is 0 Å². The van der Waals surface area contributed by atoms with Gasteiger partial charge in [0.1, 0.15) is 11.3 Å². The van der Waals surface area contributed by atoms with Crippen molar-refractivity contribution in [3.63, 3.8) is 0 Å². The molecule has 0 spiro atoms. The maximum atomic E-state index is 12.3. The first kappa shape index (κ1) is 22.6. The number of nitro groups is 1. The Bertz CT molecular complexity index is 960. The lowest BCUT2D eigenvalue weighted by Gasteiger charge is -2.23. The third kappa shape index (κ3) is 6.42. The number of nitrogens with zero attached hydrogens (tertiary/aromatic N) is 1. The molecule has 8 nitrogen and oxygen atoms in total. The number of carbonyl (C=O) groups excluding carboxylic acids is 2. The van der Waals surface area contributed by atoms with E-state index in [2.05, 4.69) is 10.6 Å². The summed E-state index contributed by atoms with van der Waals surface area (Å²) in [6.45, 7) is -0.0672. The molecule has 31 heavy (non-hydrogen) atoms. The van der Waals surface area contributed by atoms with Crippen LogP contribution in [0, 0.1) is 10.1 Å². The van der Waals surface area contributed by atoms with Crippen LogP contribution in [0.4, 0.5) is 5.69 Å². The molecule has 2 aromatic carbocycles. The second kappa shape index (κ2) is 10.8. The van der Waals surface area contributed by atoms with Crippen molar-refractivity contribution in [1.29, 1.82) is 0 Å². The third-order valence-corrected chi connectivity index (χ3v) is 5.38. The van der Waals surface area contributed by atoms with E-state index in [1.54, 1.807) is 0 Å². The molecule has 3 rings (SSSR count). The predicted molar refractivity (Wildman–Crippen MR) is 116 cm³/mol. The minimum absolute atomic E-state index is 0.0538. The van der Waals surface area contributed by atoms with Crippen molar-refractivity contribution in [3.05, 3.63) is 68.7 Å². The highest BCUT2D eigenvalue weighted by atomic mass is 35.5. The average Bonchev–Trinajstić information content (AvgIpc) is 2.76. The first-order valence-corrected chi connectivity index (χ1v) is 10.5. The van der Waals surface area contributed by atoms with Gasteiger partial charge in [0.05, 0.1) is 22.6 Å². The molecule has 0 radical (unpaired) electrons. The Labute approximate surface area is 185 Å². The fourth-order valence-corrected chi connectivity index (χ4v) is 3.76. The van der Waals surface area contributed by atoms with E-state index in [0.29, 0.717) is 0 Å². The van der Waals surface area contributed by atoms with Crippen LogP contribution in [0.5, 0.6) is 5.75 Å². The summed E-state index contributed by atoms with van der Waals surface area (Å²) in [5, 5.41) is 16.1. The molecule has 0 aromatic heterocycles. The van der Waals surface area contributed by atoms with Gasteiger partial charge in [0.15, 0.2) is 0 Å². The van der Waals surface area contributed by atoms with Crippen molar-refractivity contribution in [1.82, 2.24) is 10.6 Å². The van der Waals surface area contributed by atoms with E-state index >= 15 is 0 Å². The van der Waals surface area contributed by atoms with Crippen molar-refractivity contribution < 1.29 is 19.2 Å². The van der Waals surface area contributed by atoms with Crippen LogP contribution in [0.25, 0.3) is 0 Å². The number of nitro benzene ring substituents is 1. The summed E-state index contributed by atoms with van der Waals surface area (Å²) >= 11 is 5.93. The van der Waals surface area contributed by atoms with E-state index in [-0.39, 0.29) is 29.8 Å². The van der Waals surface area contributed by atoms with Gasteiger partial charge in [0.25, 0.3) is 11.6 Å². The minimum Gasteiger partial charge on any atom is -0.490 e. The zero-order chi connectivity index (χ0) is 22.2. The zero-order valence-electron chi connectivity index (χ0n) is 16.9. The third-order valence-electron chi connectivity index (χ3n) is 5.07. The number of amides is 2. The quantitative estimate of drug-likeness (QED) is 0.471. The molecule has 164 valence electrons. The summed E-state index contributed by atoms with van der Waals surface area (Å²) in [6.07, 6.45) is 5.98. The summed E-state index contributed by atoms with van der Waals surface area (Å²) in [6, 6.07) is 11.5. The molecule has 0 heterocycles. The van der Waals surface area contributed by atoms with E-state index < -0.39 is 22.4 Å². The highest BCUT2D eigenvalue weighted by Gasteiger charge is 2.23. The molecular weight excluding hydrogens is 422 g/mol. The SMILES string of the molecule is O=C(CNC(=O)c1c(Cl)cccc1[N+](=O)[O-])NCc1cccc(OC2CCCCC2)c1. The molecule has 0 aliphatic heterocycles. The van der Waals surface area contributed by atoms with Crippen LogP contribution in [-0.2, 0) is 11.3 Å². The summed E-state index contributed by atoms with van der Waals surface area (Å²) in [4.78, 5) is 34.9. The predicted octanol–water partition coefficient (Wildman–Crippen LogP) is 4.01. The molecule has 0 atom stereocenters.